The first-order valence-electron chi connectivity index (χ1n) is 4.36. The predicted molar refractivity (Wildman–Crippen MR) is 50.0 cm³/mol. The van der Waals surface area contributed by atoms with Crippen molar-refractivity contribution in [1.29, 1.82) is 0 Å². The van der Waals surface area contributed by atoms with Gasteiger partial charge in [-0.2, -0.15) is 14.6 Å². The Morgan fingerprint density at radius 1 is 1.53 bits per heavy atom. The Kier molecular flexibility index (Phi) is 2.44. The third kappa shape index (κ3) is 2.00. The van der Waals surface area contributed by atoms with Gasteiger partial charge in [0.05, 0.1) is 6.54 Å². The molecule has 0 saturated carbocycles. The van der Waals surface area contributed by atoms with Crippen LogP contribution in [0.3, 0.4) is 0 Å². The van der Waals surface area contributed by atoms with Crippen molar-refractivity contribution in [1.82, 2.24) is 19.6 Å². The van der Waals surface area contributed by atoms with E-state index in [-0.39, 0.29) is 0 Å². The van der Waals surface area contributed by atoms with Crippen molar-refractivity contribution in [3.05, 3.63) is 18.1 Å². The summed E-state index contributed by atoms with van der Waals surface area (Å²) in [5.74, 6) is 0.863. The minimum Gasteiger partial charge on any atom is -0.364 e. The second-order valence-electron chi connectivity index (χ2n) is 3.03. The van der Waals surface area contributed by atoms with Gasteiger partial charge in [0, 0.05) is 11.8 Å². The van der Waals surface area contributed by atoms with Crippen molar-refractivity contribution in [2.45, 2.75) is 13.3 Å². The maximum atomic E-state index is 12.0. The highest BCUT2D eigenvalue weighted by Crippen LogP contribution is 2.10. The number of rotatable bonds is 3. The summed E-state index contributed by atoms with van der Waals surface area (Å²) in [6.45, 7) is 1.35. The van der Waals surface area contributed by atoms with Crippen LogP contribution < -0.4 is 5.32 Å². The van der Waals surface area contributed by atoms with Gasteiger partial charge >= 0.3 is 0 Å². The molecular formula is C8H9F2N5. The number of hydrogen-bond donors (Lipinski definition) is 1. The first-order chi connectivity index (χ1) is 7.16. The fraction of sp³-hybridized carbons (Fsp3) is 0.375. The van der Waals surface area contributed by atoms with Crippen molar-refractivity contribution in [2.75, 3.05) is 11.9 Å². The highest BCUT2D eigenvalue weighted by molar-refractivity contribution is 5.44. The number of nitrogens with zero attached hydrogens (tertiary/aromatic N) is 4. The molecule has 0 aliphatic rings. The number of anilines is 1. The lowest BCUT2D eigenvalue weighted by molar-refractivity contribution is 0.163. The Morgan fingerprint density at radius 2 is 2.33 bits per heavy atom. The molecule has 0 fully saturated rings. The van der Waals surface area contributed by atoms with Gasteiger partial charge in [0.15, 0.2) is 0 Å². The van der Waals surface area contributed by atoms with Gasteiger partial charge in [-0.25, -0.2) is 13.8 Å². The molecule has 0 unspecified atom stereocenters. The van der Waals surface area contributed by atoms with Crippen LogP contribution in [0, 0.1) is 6.92 Å². The fourth-order valence-electron chi connectivity index (χ4n) is 1.24. The van der Waals surface area contributed by atoms with Crippen molar-refractivity contribution >= 4 is 11.6 Å². The largest absolute Gasteiger partial charge is 0.364 e. The molecule has 0 atom stereocenters. The van der Waals surface area contributed by atoms with E-state index in [2.05, 4.69) is 20.4 Å². The molecule has 0 spiro atoms. The van der Waals surface area contributed by atoms with Gasteiger partial charge in [0.2, 0.25) is 0 Å². The van der Waals surface area contributed by atoms with Crippen molar-refractivity contribution in [3.8, 4) is 0 Å². The Hall–Kier alpha value is -1.79. The zero-order valence-corrected chi connectivity index (χ0v) is 7.98. The SMILES string of the molecule is Cc1cc(NCC(F)F)n2ncnc2n1. The number of nitrogens with one attached hydrogen (secondary N) is 1. The lowest BCUT2D eigenvalue weighted by Crippen LogP contribution is -2.13. The number of aromatic nitrogens is 4. The summed E-state index contributed by atoms with van der Waals surface area (Å²) in [6.07, 6.45) is -1.08. The standard InChI is InChI=1S/C8H9F2N5/c1-5-2-7(11-3-6(9)10)15-8(14-5)12-4-13-15/h2,4,6,11H,3H2,1H3. The summed E-state index contributed by atoms with van der Waals surface area (Å²) >= 11 is 0. The number of halogens is 2. The minimum absolute atomic E-state index is 0.395. The van der Waals surface area contributed by atoms with E-state index >= 15 is 0 Å². The van der Waals surface area contributed by atoms with Gasteiger partial charge < -0.3 is 5.32 Å². The Bertz CT molecular complexity index is 467. The smallest absolute Gasteiger partial charge is 0.255 e. The van der Waals surface area contributed by atoms with Gasteiger partial charge in [0.1, 0.15) is 12.1 Å². The molecule has 7 heteroatoms. The normalized spacial score (nSPS) is 11.2. The summed E-state index contributed by atoms with van der Waals surface area (Å²) in [6, 6.07) is 1.64. The molecule has 0 aliphatic carbocycles. The molecule has 0 aliphatic heterocycles. The molecule has 0 amide bonds. The molecule has 15 heavy (non-hydrogen) atoms. The number of fused-ring (bicyclic) bond motifs is 1. The van der Waals surface area contributed by atoms with E-state index in [4.69, 9.17) is 0 Å². The number of aryl methyl sites for hydroxylation is 1. The van der Waals surface area contributed by atoms with Crippen LogP contribution in [0.4, 0.5) is 14.6 Å². The molecule has 0 aromatic carbocycles. The van der Waals surface area contributed by atoms with Gasteiger partial charge in [-0.05, 0) is 6.92 Å². The summed E-state index contributed by atoms with van der Waals surface area (Å²) in [4.78, 5) is 7.97. The Labute approximate surface area is 84.2 Å². The monoisotopic (exact) mass is 213 g/mol. The van der Waals surface area contributed by atoms with Gasteiger partial charge in [-0.1, -0.05) is 0 Å². The van der Waals surface area contributed by atoms with E-state index in [1.165, 1.54) is 10.8 Å². The molecule has 5 nitrogen and oxygen atoms in total. The van der Waals surface area contributed by atoms with Crippen molar-refractivity contribution in [2.24, 2.45) is 0 Å². The molecule has 80 valence electrons. The molecule has 2 aromatic heterocycles. The zero-order chi connectivity index (χ0) is 10.8. The van der Waals surface area contributed by atoms with Crippen molar-refractivity contribution in [3.63, 3.8) is 0 Å². The number of hydrogen-bond acceptors (Lipinski definition) is 4. The maximum Gasteiger partial charge on any atom is 0.255 e. The van der Waals surface area contributed by atoms with Gasteiger partial charge in [-0.3, -0.25) is 0 Å². The second kappa shape index (κ2) is 3.76. The van der Waals surface area contributed by atoms with E-state index in [0.29, 0.717) is 17.3 Å². The van der Waals surface area contributed by atoms with Crippen LogP contribution in [0.25, 0.3) is 5.78 Å². The Morgan fingerprint density at radius 3 is 3.07 bits per heavy atom. The van der Waals surface area contributed by atoms with Crippen LogP contribution in [-0.2, 0) is 0 Å². The molecule has 1 N–H and O–H groups in total. The van der Waals surface area contributed by atoms with E-state index in [1.807, 2.05) is 0 Å². The van der Waals surface area contributed by atoms with Crippen molar-refractivity contribution < 1.29 is 8.78 Å². The molecule has 0 bridgehead atoms. The third-order valence-corrected chi connectivity index (χ3v) is 1.82. The van der Waals surface area contributed by atoms with E-state index in [0.717, 1.165) is 0 Å². The summed E-state index contributed by atoms with van der Waals surface area (Å²) in [5.41, 5.74) is 0.701. The minimum atomic E-state index is -2.41. The molecular weight excluding hydrogens is 204 g/mol. The van der Waals surface area contributed by atoms with Crippen LogP contribution >= 0.6 is 0 Å². The Balaban J connectivity index is 2.35. The summed E-state index contributed by atoms with van der Waals surface area (Å²) in [7, 11) is 0. The van der Waals surface area contributed by atoms with Gasteiger partial charge in [0.25, 0.3) is 12.2 Å². The zero-order valence-electron chi connectivity index (χ0n) is 7.98. The molecule has 2 rings (SSSR count). The van der Waals surface area contributed by atoms with Crippen LogP contribution in [-0.4, -0.2) is 32.6 Å². The quantitative estimate of drug-likeness (QED) is 0.829. The highest BCUT2D eigenvalue weighted by Gasteiger charge is 2.07. The van der Waals surface area contributed by atoms with Crippen LogP contribution in [0.1, 0.15) is 5.69 Å². The lowest BCUT2D eigenvalue weighted by Gasteiger charge is -2.07. The van der Waals surface area contributed by atoms with Crippen LogP contribution in [0.2, 0.25) is 0 Å². The second-order valence-corrected chi connectivity index (χ2v) is 3.03. The molecule has 2 aromatic rings. The average molecular weight is 213 g/mol. The summed E-state index contributed by atoms with van der Waals surface area (Å²) in [5, 5.41) is 6.46. The summed E-state index contributed by atoms with van der Waals surface area (Å²) < 4.78 is 25.4. The first kappa shape index (κ1) is 9.75. The predicted octanol–water partition coefficient (Wildman–Crippen LogP) is 1.11. The lowest BCUT2D eigenvalue weighted by atomic mass is 10.4. The molecule has 0 radical (unpaired) electrons. The molecule has 2 heterocycles. The maximum absolute atomic E-state index is 12.0. The molecule has 0 saturated heterocycles. The fourth-order valence-corrected chi connectivity index (χ4v) is 1.24. The highest BCUT2D eigenvalue weighted by atomic mass is 19.3. The van der Waals surface area contributed by atoms with Crippen LogP contribution in [0.5, 0.6) is 0 Å². The van der Waals surface area contributed by atoms with Gasteiger partial charge in [-0.15, -0.1) is 0 Å². The number of alkyl halides is 2. The van der Waals surface area contributed by atoms with E-state index < -0.39 is 13.0 Å². The first-order valence-corrected chi connectivity index (χ1v) is 4.36. The average Bonchev–Trinajstić information content (AvgIpc) is 2.61. The van der Waals surface area contributed by atoms with E-state index in [9.17, 15) is 8.78 Å². The topological polar surface area (TPSA) is 55.1 Å². The third-order valence-electron chi connectivity index (χ3n) is 1.82. The van der Waals surface area contributed by atoms with E-state index in [1.54, 1.807) is 13.0 Å². The van der Waals surface area contributed by atoms with Crippen LogP contribution in [0.15, 0.2) is 12.4 Å².